The molecule has 0 aliphatic carbocycles. The smallest absolute Gasteiger partial charge is 0.246 e. The summed E-state index contributed by atoms with van der Waals surface area (Å²) in [4.78, 5) is 10.4. The zero-order valence-corrected chi connectivity index (χ0v) is 8.64. The molecule has 0 radical (unpaired) electrons. The third-order valence-electron chi connectivity index (χ3n) is 1.44. The molecule has 1 amide bonds. The van der Waals surface area contributed by atoms with Crippen molar-refractivity contribution < 1.29 is 21.7 Å². The summed E-state index contributed by atoms with van der Waals surface area (Å²) in [7, 11) is 4.06. The molecule has 0 fully saturated rings. The lowest BCUT2D eigenvalue weighted by molar-refractivity contribution is -0.838. The lowest BCUT2D eigenvalue weighted by Gasteiger charge is -2.23. The fourth-order valence-corrected chi connectivity index (χ4v) is 0.926. The summed E-state index contributed by atoms with van der Waals surface area (Å²) in [6, 6.07) is 0. The minimum absolute atomic E-state index is 0. The van der Waals surface area contributed by atoms with Crippen LogP contribution in [0.1, 0.15) is 13.3 Å². The van der Waals surface area contributed by atoms with Crippen molar-refractivity contribution in [3.05, 3.63) is 12.3 Å². The van der Waals surface area contributed by atoms with Gasteiger partial charge in [0.25, 0.3) is 0 Å². The van der Waals surface area contributed by atoms with Crippen molar-refractivity contribution in [2.75, 3.05) is 20.6 Å². The van der Waals surface area contributed by atoms with Gasteiger partial charge in [-0.3, -0.25) is 4.79 Å². The van der Waals surface area contributed by atoms with Crippen molar-refractivity contribution in [2.24, 2.45) is 5.73 Å². The molecule has 0 rings (SSSR count). The molecule has 0 aromatic carbocycles. The number of nitrogens with zero attached hydrogens (tertiary/aromatic N) is 1. The Morgan fingerprint density at radius 1 is 1.50 bits per heavy atom. The number of amides is 1. The molecule has 2 N–H and O–H groups in total. The number of hydrogen-bond acceptors (Lipinski definition) is 1. The van der Waals surface area contributed by atoms with Crippen LogP contribution in [0.4, 0.5) is 0 Å². The van der Waals surface area contributed by atoms with Crippen molar-refractivity contribution in [1.29, 1.82) is 0 Å². The van der Waals surface area contributed by atoms with Gasteiger partial charge in [-0.25, -0.2) is 0 Å². The number of rotatable bonds is 4. The van der Waals surface area contributed by atoms with Gasteiger partial charge in [-0.15, -0.1) is 0 Å². The van der Waals surface area contributed by atoms with Crippen LogP contribution in [0.5, 0.6) is 0 Å². The molecule has 12 heavy (non-hydrogen) atoms. The molecule has 72 valence electrons. The fraction of sp³-hybridized carbons (Fsp3) is 0.625. The van der Waals surface area contributed by atoms with Gasteiger partial charge in [-0.2, -0.15) is 0 Å². The molecule has 0 bridgehead atoms. The molecular weight excluding hydrogens is 176 g/mol. The molecule has 0 atom stereocenters. The number of quaternary nitrogens is 1. The van der Waals surface area contributed by atoms with E-state index in [-0.39, 0.29) is 18.3 Å². The van der Waals surface area contributed by atoms with E-state index in [1.165, 1.54) is 6.08 Å². The third-order valence-corrected chi connectivity index (χ3v) is 1.44. The summed E-state index contributed by atoms with van der Waals surface area (Å²) >= 11 is 0. The van der Waals surface area contributed by atoms with E-state index in [1.807, 2.05) is 20.3 Å². The first-order chi connectivity index (χ1) is 4.98. The average Bonchev–Trinajstić information content (AvgIpc) is 1.84. The molecule has 0 spiro atoms. The van der Waals surface area contributed by atoms with Gasteiger partial charge in [0.05, 0.1) is 26.7 Å². The van der Waals surface area contributed by atoms with Crippen LogP contribution < -0.4 is 18.1 Å². The molecule has 0 saturated carbocycles. The predicted molar refractivity (Wildman–Crippen MR) is 45.6 cm³/mol. The highest BCUT2D eigenvalue weighted by atomic mass is 35.5. The van der Waals surface area contributed by atoms with Crippen LogP contribution in [-0.2, 0) is 4.79 Å². The van der Waals surface area contributed by atoms with Gasteiger partial charge in [-0.05, 0) is 6.42 Å². The maximum atomic E-state index is 10.4. The minimum atomic E-state index is -0.382. The highest BCUT2D eigenvalue weighted by molar-refractivity contribution is 5.85. The fourth-order valence-electron chi connectivity index (χ4n) is 0.926. The molecule has 0 aliphatic rings. The number of halogens is 1. The summed E-state index contributed by atoms with van der Waals surface area (Å²) in [5, 5.41) is 0. The quantitative estimate of drug-likeness (QED) is 0.388. The van der Waals surface area contributed by atoms with Crippen LogP contribution in [0.2, 0.25) is 0 Å². The van der Waals surface area contributed by atoms with Crippen LogP contribution in [0, 0.1) is 0 Å². The van der Waals surface area contributed by atoms with Gasteiger partial charge in [0.2, 0.25) is 5.91 Å². The van der Waals surface area contributed by atoms with Crippen molar-refractivity contribution in [2.45, 2.75) is 13.3 Å². The molecule has 3 nitrogen and oxygen atoms in total. The Hall–Kier alpha value is -0.540. The topological polar surface area (TPSA) is 43.1 Å². The largest absolute Gasteiger partial charge is 1.00 e. The second-order valence-corrected chi connectivity index (χ2v) is 3.22. The van der Waals surface area contributed by atoms with E-state index < -0.39 is 0 Å². The summed E-state index contributed by atoms with van der Waals surface area (Å²) in [5.41, 5.74) is 4.96. The van der Waals surface area contributed by atoms with E-state index in [4.69, 9.17) is 5.73 Å². The summed E-state index contributed by atoms with van der Waals surface area (Å²) < 4.78 is 0.708. The second kappa shape index (κ2) is 6.03. The first-order valence-electron chi connectivity index (χ1n) is 3.79. The van der Waals surface area contributed by atoms with Gasteiger partial charge in [0.15, 0.2) is 0 Å². The van der Waals surface area contributed by atoms with Crippen LogP contribution >= 0.6 is 0 Å². The Morgan fingerprint density at radius 3 is 2.33 bits per heavy atom. The minimum Gasteiger partial charge on any atom is -1.00 e. The lowest BCUT2D eigenvalue weighted by atomic mass is 10.4. The average molecular weight is 193 g/mol. The van der Waals surface area contributed by atoms with Crippen molar-refractivity contribution in [3.63, 3.8) is 0 Å². The van der Waals surface area contributed by atoms with E-state index in [1.54, 1.807) is 0 Å². The van der Waals surface area contributed by atoms with Crippen LogP contribution in [0.15, 0.2) is 12.3 Å². The van der Waals surface area contributed by atoms with Crippen molar-refractivity contribution >= 4 is 5.91 Å². The second-order valence-electron chi connectivity index (χ2n) is 3.22. The molecule has 0 heterocycles. The van der Waals surface area contributed by atoms with Crippen molar-refractivity contribution in [1.82, 2.24) is 0 Å². The van der Waals surface area contributed by atoms with Gasteiger partial charge in [-0.1, -0.05) is 6.92 Å². The highest BCUT2D eigenvalue weighted by Crippen LogP contribution is 1.99. The molecule has 0 unspecified atom stereocenters. The van der Waals surface area contributed by atoms with Gasteiger partial charge in [0.1, 0.15) is 6.20 Å². The highest BCUT2D eigenvalue weighted by Gasteiger charge is 2.08. The third kappa shape index (κ3) is 7.57. The molecule has 0 aromatic heterocycles. The van der Waals surface area contributed by atoms with Gasteiger partial charge >= 0.3 is 0 Å². The van der Waals surface area contributed by atoms with Crippen LogP contribution in [0.3, 0.4) is 0 Å². The van der Waals surface area contributed by atoms with E-state index >= 15 is 0 Å². The number of primary amides is 1. The Kier molecular flexibility index (Phi) is 7.04. The van der Waals surface area contributed by atoms with E-state index in [0.29, 0.717) is 4.48 Å². The Morgan fingerprint density at radius 2 is 2.00 bits per heavy atom. The van der Waals surface area contributed by atoms with Crippen LogP contribution in [0.25, 0.3) is 0 Å². The lowest BCUT2D eigenvalue weighted by Crippen LogP contribution is -3.00. The standard InChI is InChI=1S/C8H16N2O.ClH/c1-4-6-10(2,3)7-5-8(9)11;/h5,7H,4,6H2,1-3H3,(H-,9,11);1H. The van der Waals surface area contributed by atoms with Crippen LogP contribution in [-0.4, -0.2) is 31.0 Å². The van der Waals surface area contributed by atoms with E-state index in [2.05, 4.69) is 6.92 Å². The number of hydrogen-bond donors (Lipinski definition) is 1. The number of carbonyl (C=O) groups is 1. The van der Waals surface area contributed by atoms with Gasteiger partial charge in [0, 0.05) is 0 Å². The molecule has 4 heteroatoms. The summed E-state index contributed by atoms with van der Waals surface area (Å²) in [6.07, 6.45) is 4.32. The number of nitrogens with two attached hydrogens (primary N) is 1. The maximum absolute atomic E-state index is 10.4. The molecule has 0 aromatic rings. The Labute approximate surface area is 80.2 Å². The normalized spacial score (nSPS) is 11.2. The summed E-state index contributed by atoms with van der Waals surface area (Å²) in [5.74, 6) is -0.382. The SMILES string of the molecule is CCC[N+](C)(C)C=CC(N)=O.[Cl-]. The maximum Gasteiger partial charge on any atom is 0.246 e. The predicted octanol–water partition coefficient (Wildman–Crippen LogP) is -2.52. The summed E-state index contributed by atoms with van der Waals surface area (Å²) in [6.45, 7) is 3.13. The molecule has 0 saturated heterocycles. The van der Waals surface area contributed by atoms with Crippen molar-refractivity contribution in [3.8, 4) is 0 Å². The zero-order chi connectivity index (χ0) is 8.91. The van der Waals surface area contributed by atoms with E-state index in [9.17, 15) is 4.79 Å². The first kappa shape index (κ1) is 14.0. The first-order valence-corrected chi connectivity index (χ1v) is 3.79. The Balaban J connectivity index is 0. The molecular formula is C8H17ClN2O. The zero-order valence-electron chi connectivity index (χ0n) is 7.88. The monoisotopic (exact) mass is 192 g/mol. The van der Waals surface area contributed by atoms with E-state index in [0.717, 1.165) is 13.0 Å². The number of carbonyl (C=O) groups excluding carboxylic acids is 1. The van der Waals surface area contributed by atoms with Gasteiger partial charge < -0.3 is 22.6 Å². The Bertz CT molecular complexity index is 166. The molecule has 0 aliphatic heterocycles.